The molecular formula is C31H25FN4O3S. The fraction of sp³-hybridized carbons (Fsp3) is 0.129. The summed E-state index contributed by atoms with van der Waals surface area (Å²) >= 11 is 1.28. The predicted octanol–water partition coefficient (Wildman–Crippen LogP) is 6.56. The summed E-state index contributed by atoms with van der Waals surface area (Å²) in [5.41, 5.74) is 3.49. The van der Waals surface area contributed by atoms with E-state index in [-0.39, 0.29) is 17.2 Å². The van der Waals surface area contributed by atoms with Crippen molar-refractivity contribution >= 4 is 51.3 Å². The van der Waals surface area contributed by atoms with Crippen molar-refractivity contribution in [2.24, 2.45) is 4.99 Å². The minimum atomic E-state index is -0.456. The molecule has 1 N–H and O–H groups in total. The van der Waals surface area contributed by atoms with E-state index in [1.807, 2.05) is 60.1 Å². The van der Waals surface area contributed by atoms with Crippen molar-refractivity contribution in [2.75, 3.05) is 13.7 Å². The molecule has 2 aliphatic rings. The highest BCUT2D eigenvalue weighted by molar-refractivity contribution is 8.17. The molecule has 9 heteroatoms. The Bertz CT molecular complexity index is 1700. The van der Waals surface area contributed by atoms with E-state index in [0.29, 0.717) is 24.0 Å². The molecular weight excluding hydrogens is 527 g/mol. The molecule has 3 aromatic carbocycles. The van der Waals surface area contributed by atoms with Gasteiger partial charge in [0.25, 0.3) is 5.91 Å². The maximum Gasteiger partial charge on any atom is 0.283 e. The Morgan fingerprint density at radius 2 is 1.77 bits per heavy atom. The number of benzene rings is 3. The van der Waals surface area contributed by atoms with Crippen LogP contribution in [0.25, 0.3) is 22.7 Å². The summed E-state index contributed by atoms with van der Waals surface area (Å²) in [4.78, 5) is 18.9. The van der Waals surface area contributed by atoms with Gasteiger partial charge in [-0.05, 0) is 72.7 Å². The second-order valence-corrected chi connectivity index (χ2v) is 10.1. The molecule has 200 valence electrons. The SMILES string of the molecule is COc1ccc(OCCCn2cc(/C=C3/C(=N)N4C(c5ccc(F)cc5)=CSC4=NC3=O)c3ccccc32)cc1. The average molecular weight is 553 g/mol. The summed E-state index contributed by atoms with van der Waals surface area (Å²) in [5, 5.41) is 12.2. The Kier molecular flexibility index (Phi) is 6.96. The van der Waals surface area contributed by atoms with Gasteiger partial charge < -0.3 is 14.0 Å². The number of aliphatic imine (C=N–C) groups is 1. The number of amidine groups is 2. The minimum Gasteiger partial charge on any atom is -0.497 e. The molecule has 0 saturated heterocycles. The number of carbonyl (C=O) groups is 1. The number of rotatable bonds is 8. The van der Waals surface area contributed by atoms with E-state index >= 15 is 0 Å². The number of aryl methyl sites for hydroxylation is 1. The number of hydrogen-bond acceptors (Lipinski definition) is 5. The van der Waals surface area contributed by atoms with Crippen molar-refractivity contribution in [1.29, 1.82) is 5.41 Å². The lowest BCUT2D eigenvalue weighted by molar-refractivity contribution is -0.114. The molecule has 2 aliphatic heterocycles. The first-order chi connectivity index (χ1) is 19.5. The Hall–Kier alpha value is -4.63. The van der Waals surface area contributed by atoms with Gasteiger partial charge in [0.15, 0.2) is 5.17 Å². The number of amides is 1. The maximum absolute atomic E-state index is 13.5. The van der Waals surface area contributed by atoms with Gasteiger partial charge in [-0.1, -0.05) is 30.0 Å². The molecule has 0 aliphatic carbocycles. The van der Waals surface area contributed by atoms with Crippen LogP contribution in [0.1, 0.15) is 17.5 Å². The molecule has 4 aromatic rings. The molecule has 40 heavy (non-hydrogen) atoms. The van der Waals surface area contributed by atoms with E-state index in [9.17, 15) is 9.18 Å². The second kappa shape index (κ2) is 10.9. The zero-order chi connectivity index (χ0) is 27.6. The molecule has 0 unspecified atom stereocenters. The minimum absolute atomic E-state index is 0.0419. The average Bonchev–Trinajstić information content (AvgIpc) is 3.56. The normalized spacial score (nSPS) is 15.8. The van der Waals surface area contributed by atoms with E-state index < -0.39 is 5.91 Å². The molecule has 1 aromatic heterocycles. The topological polar surface area (TPSA) is 79.9 Å². The van der Waals surface area contributed by atoms with E-state index in [4.69, 9.17) is 14.9 Å². The van der Waals surface area contributed by atoms with Crippen LogP contribution in [0.4, 0.5) is 4.39 Å². The lowest BCUT2D eigenvalue weighted by atomic mass is 10.1. The number of carbonyl (C=O) groups excluding carboxylic acids is 1. The van der Waals surface area contributed by atoms with Gasteiger partial charge in [0, 0.05) is 34.6 Å². The Balaban J connectivity index is 1.23. The summed E-state index contributed by atoms with van der Waals surface area (Å²) in [6.45, 7) is 1.26. The van der Waals surface area contributed by atoms with Crippen LogP contribution in [0.15, 0.2) is 95.0 Å². The molecule has 3 heterocycles. The first-order valence-electron chi connectivity index (χ1n) is 12.7. The zero-order valence-corrected chi connectivity index (χ0v) is 22.5. The van der Waals surface area contributed by atoms with Crippen LogP contribution in [-0.4, -0.2) is 40.1 Å². The second-order valence-electron chi connectivity index (χ2n) is 9.24. The molecule has 6 rings (SSSR count). The van der Waals surface area contributed by atoms with Crippen molar-refractivity contribution in [3.63, 3.8) is 0 Å². The first-order valence-corrected chi connectivity index (χ1v) is 13.6. The van der Waals surface area contributed by atoms with E-state index in [1.54, 1.807) is 30.2 Å². The van der Waals surface area contributed by atoms with Crippen LogP contribution >= 0.6 is 11.8 Å². The van der Waals surface area contributed by atoms with Crippen LogP contribution in [0.2, 0.25) is 0 Å². The van der Waals surface area contributed by atoms with Crippen molar-refractivity contribution in [3.8, 4) is 11.5 Å². The van der Waals surface area contributed by atoms with E-state index in [2.05, 4.69) is 9.56 Å². The maximum atomic E-state index is 13.5. The number of aromatic nitrogens is 1. The Morgan fingerprint density at radius 1 is 1.02 bits per heavy atom. The summed E-state index contributed by atoms with van der Waals surface area (Å²) in [5.74, 6) is 0.817. The highest BCUT2D eigenvalue weighted by atomic mass is 32.2. The third-order valence-corrected chi connectivity index (χ3v) is 7.57. The number of methoxy groups -OCH3 is 1. The lowest BCUT2D eigenvalue weighted by Crippen LogP contribution is -2.38. The van der Waals surface area contributed by atoms with Gasteiger partial charge in [0.2, 0.25) is 0 Å². The summed E-state index contributed by atoms with van der Waals surface area (Å²) in [7, 11) is 1.63. The highest BCUT2D eigenvalue weighted by Gasteiger charge is 2.36. The third-order valence-electron chi connectivity index (χ3n) is 6.75. The number of para-hydroxylation sites is 1. The highest BCUT2D eigenvalue weighted by Crippen LogP contribution is 2.38. The predicted molar refractivity (Wildman–Crippen MR) is 157 cm³/mol. The van der Waals surface area contributed by atoms with E-state index in [0.717, 1.165) is 39.9 Å². The monoisotopic (exact) mass is 552 g/mol. The number of thioether (sulfide) groups is 1. The molecule has 7 nitrogen and oxygen atoms in total. The smallest absolute Gasteiger partial charge is 0.283 e. The molecule has 0 atom stereocenters. The number of fused-ring (bicyclic) bond motifs is 2. The number of ether oxygens (including phenoxy) is 2. The van der Waals surface area contributed by atoms with Crippen LogP contribution < -0.4 is 9.47 Å². The van der Waals surface area contributed by atoms with Crippen molar-refractivity contribution < 1.29 is 18.7 Å². The van der Waals surface area contributed by atoms with Gasteiger partial charge in [0.05, 0.1) is 25.0 Å². The third kappa shape index (κ3) is 4.91. The van der Waals surface area contributed by atoms with Crippen LogP contribution in [0.5, 0.6) is 11.5 Å². The molecule has 0 radical (unpaired) electrons. The largest absolute Gasteiger partial charge is 0.497 e. The number of nitrogens with one attached hydrogen (secondary N) is 1. The van der Waals surface area contributed by atoms with Gasteiger partial charge in [-0.3, -0.25) is 15.1 Å². The van der Waals surface area contributed by atoms with E-state index in [1.165, 1.54) is 23.9 Å². The molecule has 0 fully saturated rings. The molecule has 0 spiro atoms. The quantitative estimate of drug-likeness (QED) is 0.198. The van der Waals surface area contributed by atoms with Crippen molar-refractivity contribution in [1.82, 2.24) is 9.47 Å². The van der Waals surface area contributed by atoms with Gasteiger partial charge in [-0.15, -0.1) is 0 Å². The van der Waals surface area contributed by atoms with Gasteiger partial charge in [-0.2, -0.15) is 4.99 Å². The number of halogens is 1. The Labute approximate surface area is 234 Å². The Morgan fingerprint density at radius 3 is 2.55 bits per heavy atom. The van der Waals surface area contributed by atoms with Crippen LogP contribution in [0.3, 0.4) is 0 Å². The zero-order valence-electron chi connectivity index (χ0n) is 21.6. The van der Waals surface area contributed by atoms with Crippen LogP contribution in [-0.2, 0) is 11.3 Å². The standard InChI is InChI=1S/C31H25FN4O3S/c1-38-23-11-13-24(14-12-23)39-16-4-15-35-18-21(25-5-2-3-6-27(25)35)17-26-29(33)36-28(19-40-31(36)34-30(26)37)20-7-9-22(32)10-8-20/h2-3,5-14,17-19,33H,4,15-16H2,1H3/b26-17-,33-29?. The number of hydrogen-bond donors (Lipinski definition) is 1. The van der Waals surface area contributed by atoms with Gasteiger partial charge in [0.1, 0.15) is 23.2 Å². The lowest BCUT2D eigenvalue weighted by Gasteiger charge is -2.26. The number of nitrogens with zero attached hydrogens (tertiary/aromatic N) is 3. The summed E-state index contributed by atoms with van der Waals surface area (Å²) in [6.07, 6.45) is 4.52. The molecule has 1 amide bonds. The van der Waals surface area contributed by atoms with Crippen LogP contribution in [0, 0.1) is 11.2 Å². The first kappa shape index (κ1) is 25.6. The van der Waals surface area contributed by atoms with Crippen molar-refractivity contribution in [3.05, 3.63) is 107 Å². The van der Waals surface area contributed by atoms with Gasteiger partial charge >= 0.3 is 0 Å². The molecule has 0 saturated carbocycles. The molecule has 0 bridgehead atoms. The van der Waals surface area contributed by atoms with Gasteiger partial charge in [-0.25, -0.2) is 4.39 Å². The fourth-order valence-corrected chi connectivity index (χ4v) is 5.64. The fourth-order valence-electron chi connectivity index (χ4n) is 4.75. The van der Waals surface area contributed by atoms with Crippen molar-refractivity contribution in [2.45, 2.75) is 13.0 Å². The summed E-state index contributed by atoms with van der Waals surface area (Å²) < 4.78 is 26.7. The summed E-state index contributed by atoms with van der Waals surface area (Å²) in [6, 6.07) is 21.6.